The van der Waals surface area contributed by atoms with Gasteiger partial charge < -0.3 is 18.3 Å². The van der Waals surface area contributed by atoms with Gasteiger partial charge >= 0.3 is 0 Å². The molecule has 0 unspecified atom stereocenters. The van der Waals surface area contributed by atoms with Crippen molar-refractivity contribution in [1.82, 2.24) is 10.2 Å². The molecule has 0 amide bonds. The second-order valence-electron chi connectivity index (χ2n) is 5.09. The lowest BCUT2D eigenvalue weighted by molar-refractivity contribution is 0.297. The Bertz CT molecular complexity index is 835. The maximum Gasteiger partial charge on any atom is 0.284 e. The van der Waals surface area contributed by atoms with Crippen LogP contribution in [0.2, 0.25) is 5.02 Å². The summed E-state index contributed by atoms with van der Waals surface area (Å²) in [6.07, 6.45) is 2.40. The van der Waals surface area contributed by atoms with Crippen molar-refractivity contribution in [3.05, 3.63) is 41.1 Å². The molecule has 0 atom stereocenters. The van der Waals surface area contributed by atoms with E-state index in [0.717, 1.165) is 12.0 Å². The zero-order valence-corrected chi connectivity index (χ0v) is 14.1. The van der Waals surface area contributed by atoms with E-state index >= 15 is 0 Å². The first kappa shape index (κ1) is 15.4. The number of rotatable bonds is 4. The number of nitrogens with zero attached hydrogens (tertiary/aromatic N) is 2. The number of hydrogen-bond donors (Lipinski definition) is 0. The molecule has 6 nitrogen and oxygen atoms in total. The molecule has 4 rings (SSSR count). The van der Waals surface area contributed by atoms with Gasteiger partial charge in [-0.2, -0.15) is 0 Å². The van der Waals surface area contributed by atoms with E-state index in [1.807, 2.05) is 12.1 Å². The topological polar surface area (TPSA) is 70.5 Å². The van der Waals surface area contributed by atoms with Gasteiger partial charge in [-0.3, -0.25) is 0 Å². The molecule has 1 aliphatic heterocycles. The number of fused-ring (bicyclic) bond motifs is 1. The predicted molar refractivity (Wildman–Crippen MR) is 88.6 cm³/mol. The average molecular weight is 365 g/mol. The SMILES string of the molecule is Clc1cc(CSc2nnc(-c3ccco3)o2)cc2c1OCCCO2. The Hall–Kier alpha value is -2.12. The zero-order chi connectivity index (χ0) is 16.4. The van der Waals surface area contributed by atoms with Crippen LogP contribution in [0, 0.1) is 0 Å². The fourth-order valence-corrected chi connectivity index (χ4v) is 3.26. The largest absolute Gasteiger partial charge is 0.489 e. The minimum atomic E-state index is 0.360. The highest BCUT2D eigenvalue weighted by molar-refractivity contribution is 7.98. The number of thioether (sulfide) groups is 1. The van der Waals surface area contributed by atoms with Gasteiger partial charge in [0.2, 0.25) is 0 Å². The Morgan fingerprint density at radius 3 is 2.96 bits per heavy atom. The highest BCUT2D eigenvalue weighted by Crippen LogP contribution is 2.39. The summed E-state index contributed by atoms with van der Waals surface area (Å²) in [6.45, 7) is 1.23. The van der Waals surface area contributed by atoms with Crippen molar-refractivity contribution in [2.24, 2.45) is 0 Å². The van der Waals surface area contributed by atoms with E-state index < -0.39 is 0 Å². The second-order valence-corrected chi connectivity index (χ2v) is 6.43. The van der Waals surface area contributed by atoms with Crippen LogP contribution in [0.25, 0.3) is 11.7 Å². The summed E-state index contributed by atoms with van der Waals surface area (Å²) in [6, 6.07) is 7.34. The molecule has 0 aliphatic carbocycles. The van der Waals surface area contributed by atoms with Gasteiger partial charge in [-0.1, -0.05) is 23.4 Å². The van der Waals surface area contributed by atoms with Gasteiger partial charge in [0.05, 0.1) is 24.5 Å². The summed E-state index contributed by atoms with van der Waals surface area (Å²) in [7, 11) is 0. The Labute approximate surface area is 147 Å². The summed E-state index contributed by atoms with van der Waals surface area (Å²) in [4.78, 5) is 0. The third-order valence-electron chi connectivity index (χ3n) is 3.36. The molecule has 3 heterocycles. The van der Waals surface area contributed by atoms with Crippen molar-refractivity contribution >= 4 is 23.4 Å². The molecule has 124 valence electrons. The fraction of sp³-hybridized carbons (Fsp3) is 0.250. The van der Waals surface area contributed by atoms with Crippen LogP contribution in [-0.2, 0) is 5.75 Å². The van der Waals surface area contributed by atoms with E-state index in [1.54, 1.807) is 18.4 Å². The van der Waals surface area contributed by atoms with Gasteiger partial charge in [-0.15, -0.1) is 10.2 Å². The Morgan fingerprint density at radius 1 is 1.17 bits per heavy atom. The summed E-state index contributed by atoms with van der Waals surface area (Å²) >= 11 is 7.71. The van der Waals surface area contributed by atoms with E-state index in [-0.39, 0.29) is 0 Å². The molecule has 0 fully saturated rings. The fourth-order valence-electron chi connectivity index (χ4n) is 2.28. The highest BCUT2D eigenvalue weighted by atomic mass is 35.5. The third-order valence-corrected chi connectivity index (χ3v) is 4.53. The summed E-state index contributed by atoms with van der Waals surface area (Å²) in [5.41, 5.74) is 0.993. The molecule has 2 aromatic heterocycles. The van der Waals surface area contributed by atoms with Crippen LogP contribution in [-0.4, -0.2) is 23.4 Å². The van der Waals surface area contributed by atoms with E-state index in [2.05, 4.69) is 10.2 Å². The minimum absolute atomic E-state index is 0.360. The normalized spacial score (nSPS) is 13.7. The third kappa shape index (κ3) is 3.22. The molecule has 0 N–H and O–H groups in total. The van der Waals surface area contributed by atoms with Gasteiger partial charge in [0, 0.05) is 12.2 Å². The van der Waals surface area contributed by atoms with Crippen molar-refractivity contribution in [1.29, 1.82) is 0 Å². The van der Waals surface area contributed by atoms with Gasteiger partial charge in [-0.05, 0) is 29.8 Å². The van der Waals surface area contributed by atoms with Crippen molar-refractivity contribution in [2.75, 3.05) is 13.2 Å². The van der Waals surface area contributed by atoms with Crippen LogP contribution in [0.3, 0.4) is 0 Å². The number of benzene rings is 1. The van der Waals surface area contributed by atoms with E-state index in [0.29, 0.717) is 52.4 Å². The van der Waals surface area contributed by atoms with Crippen LogP contribution in [0.15, 0.2) is 44.6 Å². The van der Waals surface area contributed by atoms with Gasteiger partial charge in [0.25, 0.3) is 11.1 Å². The van der Waals surface area contributed by atoms with Crippen molar-refractivity contribution < 1.29 is 18.3 Å². The number of ether oxygens (including phenoxy) is 2. The lowest BCUT2D eigenvalue weighted by atomic mass is 10.2. The second kappa shape index (κ2) is 6.78. The molecule has 0 spiro atoms. The average Bonchev–Trinajstić information content (AvgIpc) is 3.21. The van der Waals surface area contributed by atoms with Crippen LogP contribution >= 0.6 is 23.4 Å². The van der Waals surface area contributed by atoms with Crippen LogP contribution < -0.4 is 9.47 Å². The smallest absolute Gasteiger partial charge is 0.284 e. The summed E-state index contributed by atoms with van der Waals surface area (Å²) in [5.74, 6) is 2.82. The van der Waals surface area contributed by atoms with E-state index in [9.17, 15) is 0 Å². The number of halogens is 1. The van der Waals surface area contributed by atoms with E-state index in [1.165, 1.54) is 11.8 Å². The molecule has 1 aromatic carbocycles. The first-order valence-electron chi connectivity index (χ1n) is 7.38. The standard InChI is InChI=1S/C16H13ClN2O4S/c17-11-7-10(8-13-14(11)22-6-2-5-21-13)9-24-16-19-18-15(23-16)12-3-1-4-20-12/h1,3-4,7-8H,2,5-6,9H2. The molecule has 3 aromatic rings. The Balaban J connectivity index is 1.48. The monoisotopic (exact) mass is 364 g/mol. The zero-order valence-electron chi connectivity index (χ0n) is 12.5. The lowest BCUT2D eigenvalue weighted by Gasteiger charge is -2.10. The van der Waals surface area contributed by atoms with Gasteiger partial charge in [0.15, 0.2) is 17.3 Å². The molecular formula is C16H13ClN2O4S. The number of furan rings is 1. The molecule has 0 saturated carbocycles. The highest BCUT2D eigenvalue weighted by Gasteiger charge is 2.17. The van der Waals surface area contributed by atoms with Crippen molar-refractivity contribution in [2.45, 2.75) is 17.4 Å². The summed E-state index contributed by atoms with van der Waals surface area (Å²) in [5, 5.41) is 8.99. The first-order valence-corrected chi connectivity index (χ1v) is 8.74. The predicted octanol–water partition coefficient (Wildman–Crippen LogP) is 4.44. The number of aromatic nitrogens is 2. The summed E-state index contributed by atoms with van der Waals surface area (Å²) < 4.78 is 22.1. The maximum atomic E-state index is 6.30. The molecular weight excluding hydrogens is 352 g/mol. The Morgan fingerprint density at radius 2 is 2.08 bits per heavy atom. The molecule has 8 heteroatoms. The molecule has 1 aliphatic rings. The number of hydrogen-bond acceptors (Lipinski definition) is 7. The van der Waals surface area contributed by atoms with Crippen molar-refractivity contribution in [3.63, 3.8) is 0 Å². The van der Waals surface area contributed by atoms with Gasteiger partial charge in [-0.25, -0.2) is 0 Å². The lowest BCUT2D eigenvalue weighted by Crippen LogP contribution is -1.97. The van der Waals surface area contributed by atoms with Crippen LogP contribution in [0.4, 0.5) is 0 Å². The molecule has 0 saturated heterocycles. The molecule has 0 radical (unpaired) electrons. The van der Waals surface area contributed by atoms with Gasteiger partial charge in [0.1, 0.15) is 0 Å². The van der Waals surface area contributed by atoms with Crippen molar-refractivity contribution in [3.8, 4) is 23.1 Å². The van der Waals surface area contributed by atoms with Crippen LogP contribution in [0.5, 0.6) is 11.5 Å². The minimum Gasteiger partial charge on any atom is -0.489 e. The Kier molecular flexibility index (Phi) is 4.36. The van der Waals surface area contributed by atoms with E-state index in [4.69, 9.17) is 29.9 Å². The first-order chi connectivity index (χ1) is 11.8. The molecule has 0 bridgehead atoms. The maximum absolute atomic E-state index is 6.30. The molecule has 24 heavy (non-hydrogen) atoms. The quantitative estimate of drug-likeness (QED) is 0.634. The van der Waals surface area contributed by atoms with Crippen LogP contribution in [0.1, 0.15) is 12.0 Å².